The lowest BCUT2D eigenvalue weighted by Crippen LogP contribution is -1.82. The van der Waals surface area contributed by atoms with Crippen LogP contribution in [0.3, 0.4) is 0 Å². The van der Waals surface area contributed by atoms with Gasteiger partial charge in [-0.3, -0.25) is 0 Å². The van der Waals surface area contributed by atoms with Crippen LogP contribution < -0.4 is 0 Å². The van der Waals surface area contributed by atoms with Gasteiger partial charge in [0.15, 0.2) is 0 Å². The van der Waals surface area contributed by atoms with E-state index in [0.717, 1.165) is 11.1 Å². The molecule has 4 aromatic carbocycles. The molecule has 0 bridgehead atoms. The van der Waals surface area contributed by atoms with Crippen molar-refractivity contribution in [1.29, 1.82) is 0 Å². The van der Waals surface area contributed by atoms with E-state index in [9.17, 15) is 0 Å². The maximum absolute atomic E-state index is 3.15. The van der Waals surface area contributed by atoms with Crippen molar-refractivity contribution in [2.75, 3.05) is 0 Å². The van der Waals surface area contributed by atoms with Crippen molar-refractivity contribution in [3.05, 3.63) is 114 Å². The van der Waals surface area contributed by atoms with Gasteiger partial charge in [0.2, 0.25) is 0 Å². The Morgan fingerprint density at radius 1 is 0.654 bits per heavy atom. The van der Waals surface area contributed by atoms with Gasteiger partial charge in [0.05, 0.1) is 0 Å². The first-order valence-electron chi connectivity index (χ1n) is 8.71. The van der Waals surface area contributed by atoms with E-state index in [1.807, 2.05) is 42.5 Å². The van der Waals surface area contributed by atoms with Crippen LogP contribution in [0.25, 0.3) is 28.0 Å². The molecule has 4 aromatic rings. The maximum Gasteiger partial charge on any atom is 0.0248 e. The van der Waals surface area contributed by atoms with Crippen LogP contribution in [0.2, 0.25) is 0 Å². The van der Waals surface area contributed by atoms with Crippen LogP contribution in [-0.4, -0.2) is 0 Å². The largest absolute Gasteiger partial charge is 0.0696 e. The second-order valence-electron chi connectivity index (χ2n) is 6.12. The second kappa shape index (κ2) is 7.55. The number of fused-ring (bicyclic) bond motifs is 1. The summed E-state index contributed by atoms with van der Waals surface area (Å²) in [4.78, 5) is 0. The first kappa shape index (κ1) is 15.9. The summed E-state index contributed by atoms with van der Waals surface area (Å²) in [7, 11) is 0. The minimum absolute atomic E-state index is 1.03. The van der Waals surface area contributed by atoms with Crippen LogP contribution in [0.5, 0.6) is 0 Å². The van der Waals surface area contributed by atoms with Crippen LogP contribution in [-0.2, 0) is 0 Å². The minimum Gasteiger partial charge on any atom is -0.0696 e. The van der Waals surface area contributed by atoms with Gasteiger partial charge in [0, 0.05) is 5.56 Å². The molecule has 0 saturated carbocycles. The fourth-order valence-corrected chi connectivity index (χ4v) is 3.05. The van der Waals surface area contributed by atoms with E-state index in [4.69, 9.17) is 0 Å². The van der Waals surface area contributed by atoms with E-state index < -0.39 is 0 Å². The Morgan fingerprint density at radius 3 is 2.23 bits per heavy atom. The number of allylic oxidation sites excluding steroid dienone is 1. The molecule has 0 unspecified atom stereocenters. The van der Waals surface area contributed by atoms with Crippen LogP contribution in [0, 0.1) is 11.8 Å². The molecule has 0 fully saturated rings. The predicted molar refractivity (Wildman–Crippen MR) is 112 cm³/mol. The predicted octanol–water partition coefficient (Wildman–Crippen LogP) is 6.57. The first-order chi connectivity index (χ1) is 12.9. The highest BCUT2D eigenvalue weighted by Gasteiger charge is 2.03. The SMILES string of the molecule is C(#Cc1ccccc1)C=Cc1ccc2cccc(-c3ccccc3)c2c1. The molecule has 4 rings (SSSR count). The van der Waals surface area contributed by atoms with Crippen molar-refractivity contribution >= 4 is 16.8 Å². The normalized spacial score (nSPS) is 10.6. The summed E-state index contributed by atoms with van der Waals surface area (Å²) < 4.78 is 0. The Hall–Kier alpha value is -3.56. The van der Waals surface area contributed by atoms with Crippen LogP contribution in [0.4, 0.5) is 0 Å². The van der Waals surface area contributed by atoms with Gasteiger partial charge in [-0.2, -0.15) is 0 Å². The van der Waals surface area contributed by atoms with Gasteiger partial charge in [-0.05, 0) is 57.8 Å². The zero-order valence-corrected chi connectivity index (χ0v) is 14.4. The molecule has 0 spiro atoms. The van der Waals surface area contributed by atoms with Gasteiger partial charge in [0.25, 0.3) is 0 Å². The molecule has 0 amide bonds. The lowest BCUT2D eigenvalue weighted by atomic mass is 9.97. The summed E-state index contributed by atoms with van der Waals surface area (Å²) >= 11 is 0. The van der Waals surface area contributed by atoms with Crippen LogP contribution in [0.15, 0.2) is 103 Å². The average Bonchev–Trinajstić information content (AvgIpc) is 2.72. The van der Waals surface area contributed by atoms with Gasteiger partial charge in [-0.25, -0.2) is 0 Å². The van der Waals surface area contributed by atoms with Crippen molar-refractivity contribution in [2.24, 2.45) is 0 Å². The van der Waals surface area contributed by atoms with Crippen molar-refractivity contribution in [3.63, 3.8) is 0 Å². The number of hydrogen-bond donors (Lipinski definition) is 0. The molecule has 0 N–H and O–H groups in total. The lowest BCUT2D eigenvalue weighted by Gasteiger charge is -2.07. The number of benzene rings is 4. The molecular weight excluding hydrogens is 312 g/mol. The van der Waals surface area contributed by atoms with Gasteiger partial charge in [0.1, 0.15) is 0 Å². The van der Waals surface area contributed by atoms with Gasteiger partial charge >= 0.3 is 0 Å². The molecule has 0 aliphatic carbocycles. The van der Waals surface area contributed by atoms with Gasteiger partial charge in [-0.1, -0.05) is 90.7 Å². The maximum atomic E-state index is 3.15. The van der Waals surface area contributed by atoms with Crippen molar-refractivity contribution in [3.8, 4) is 23.0 Å². The standard InChI is InChI=1S/C26H18/c1-3-10-21(11-4-1)12-7-8-13-22-18-19-24-16-9-17-25(26(24)20-22)23-14-5-2-6-15-23/h1-6,8-11,13-20H. The molecule has 0 aromatic heterocycles. The molecule has 0 aliphatic heterocycles. The summed E-state index contributed by atoms with van der Waals surface area (Å²) in [5.41, 5.74) is 4.68. The first-order valence-corrected chi connectivity index (χ1v) is 8.71. The topological polar surface area (TPSA) is 0 Å². The van der Waals surface area contributed by atoms with Crippen molar-refractivity contribution in [1.82, 2.24) is 0 Å². The molecule has 0 nitrogen and oxygen atoms in total. The molecule has 0 heterocycles. The summed E-state index contributed by atoms with van der Waals surface area (Å²) in [6, 6.07) is 33.6. The van der Waals surface area contributed by atoms with Crippen molar-refractivity contribution < 1.29 is 0 Å². The average molecular weight is 330 g/mol. The second-order valence-corrected chi connectivity index (χ2v) is 6.12. The quantitative estimate of drug-likeness (QED) is 0.365. The van der Waals surface area contributed by atoms with E-state index in [1.54, 1.807) is 0 Å². The summed E-state index contributed by atoms with van der Waals surface area (Å²) in [5.74, 6) is 6.27. The third-order valence-electron chi connectivity index (χ3n) is 4.34. The Bertz CT molecular complexity index is 1110. The molecule has 0 radical (unpaired) electrons. The molecular formula is C26H18. The Balaban J connectivity index is 1.67. The third kappa shape index (κ3) is 3.58. The minimum atomic E-state index is 1.03. The number of hydrogen-bond acceptors (Lipinski definition) is 0. The molecule has 0 aliphatic rings. The highest BCUT2D eigenvalue weighted by Crippen LogP contribution is 2.29. The summed E-state index contributed by atoms with van der Waals surface area (Å²) in [6.07, 6.45) is 3.98. The molecule has 122 valence electrons. The van der Waals surface area contributed by atoms with Crippen LogP contribution in [0.1, 0.15) is 11.1 Å². The Labute approximate surface area is 154 Å². The van der Waals surface area contributed by atoms with E-state index >= 15 is 0 Å². The van der Waals surface area contributed by atoms with E-state index in [0.29, 0.717) is 0 Å². The fraction of sp³-hybridized carbons (Fsp3) is 0. The highest BCUT2D eigenvalue weighted by atomic mass is 14.1. The third-order valence-corrected chi connectivity index (χ3v) is 4.34. The Kier molecular flexibility index (Phi) is 4.63. The lowest BCUT2D eigenvalue weighted by molar-refractivity contribution is 1.64. The van der Waals surface area contributed by atoms with E-state index in [-0.39, 0.29) is 0 Å². The molecule has 26 heavy (non-hydrogen) atoms. The highest BCUT2D eigenvalue weighted by molar-refractivity contribution is 5.97. The zero-order valence-electron chi connectivity index (χ0n) is 14.4. The monoisotopic (exact) mass is 330 g/mol. The molecule has 0 heteroatoms. The summed E-state index contributed by atoms with van der Waals surface area (Å²) in [5, 5.41) is 2.51. The smallest absolute Gasteiger partial charge is 0.0248 e. The molecule has 0 atom stereocenters. The fourth-order valence-electron chi connectivity index (χ4n) is 3.05. The number of rotatable bonds is 2. The van der Waals surface area contributed by atoms with E-state index in [2.05, 4.69) is 78.6 Å². The zero-order chi connectivity index (χ0) is 17.6. The Morgan fingerprint density at radius 2 is 1.42 bits per heavy atom. The van der Waals surface area contributed by atoms with Gasteiger partial charge in [-0.15, -0.1) is 0 Å². The van der Waals surface area contributed by atoms with Gasteiger partial charge < -0.3 is 0 Å². The van der Waals surface area contributed by atoms with Crippen LogP contribution >= 0.6 is 0 Å². The molecule has 0 saturated heterocycles. The van der Waals surface area contributed by atoms with E-state index in [1.165, 1.54) is 21.9 Å². The summed E-state index contributed by atoms with van der Waals surface area (Å²) in [6.45, 7) is 0. The van der Waals surface area contributed by atoms with Crippen molar-refractivity contribution in [2.45, 2.75) is 0 Å².